The van der Waals surface area contributed by atoms with Gasteiger partial charge in [0.1, 0.15) is 0 Å². The molecule has 2 N–H and O–H groups in total. The third kappa shape index (κ3) is 4.65. The Morgan fingerprint density at radius 3 is 2.39 bits per heavy atom. The number of anilines is 1. The number of sulfonamides is 1. The molecule has 164 valence electrons. The minimum absolute atomic E-state index is 0.0119. The van der Waals surface area contributed by atoms with E-state index < -0.39 is 15.9 Å². The fraction of sp³-hybridized carbons (Fsp3) is 0.391. The summed E-state index contributed by atoms with van der Waals surface area (Å²) in [6.07, 6.45) is 3.69. The van der Waals surface area contributed by atoms with Gasteiger partial charge in [0.05, 0.1) is 4.90 Å². The first kappa shape index (κ1) is 21.5. The van der Waals surface area contributed by atoms with Crippen molar-refractivity contribution in [2.24, 2.45) is 0 Å². The lowest BCUT2D eigenvalue weighted by Crippen LogP contribution is -2.28. The minimum Gasteiger partial charge on any atom is -0.339 e. The Hall–Kier alpha value is -2.71. The average molecular weight is 442 g/mol. The monoisotopic (exact) mass is 441 g/mol. The molecule has 0 spiro atoms. The van der Waals surface area contributed by atoms with E-state index in [1.165, 1.54) is 12.1 Å². The van der Waals surface area contributed by atoms with Gasteiger partial charge in [-0.1, -0.05) is 12.1 Å². The summed E-state index contributed by atoms with van der Waals surface area (Å²) in [5.74, 6) is -0.434. The second-order valence-electron chi connectivity index (χ2n) is 8.30. The molecule has 8 heteroatoms. The third-order valence-electron chi connectivity index (χ3n) is 5.87. The number of nitrogens with zero attached hydrogens (tertiary/aromatic N) is 1. The van der Waals surface area contributed by atoms with Crippen LogP contribution in [0, 0.1) is 13.8 Å². The van der Waals surface area contributed by atoms with Crippen LogP contribution in [0.5, 0.6) is 0 Å². The molecule has 0 unspecified atom stereocenters. The number of hydrogen-bond acceptors (Lipinski definition) is 4. The van der Waals surface area contributed by atoms with Crippen LogP contribution in [-0.4, -0.2) is 44.3 Å². The first-order valence-corrected chi connectivity index (χ1v) is 12.1. The number of likely N-dealkylation sites (tertiary alicyclic amines) is 1. The number of amides is 2. The van der Waals surface area contributed by atoms with Crippen LogP contribution in [0.15, 0.2) is 41.3 Å². The zero-order valence-electron chi connectivity index (χ0n) is 17.8. The fourth-order valence-electron chi connectivity index (χ4n) is 3.78. The molecule has 0 radical (unpaired) electrons. The number of hydrogen-bond donors (Lipinski definition) is 2. The van der Waals surface area contributed by atoms with Crippen LogP contribution in [0.25, 0.3) is 0 Å². The summed E-state index contributed by atoms with van der Waals surface area (Å²) in [6, 6.07) is 9.81. The molecule has 2 aromatic carbocycles. The second-order valence-corrected chi connectivity index (χ2v) is 10.0. The number of carbonyl (C=O) groups excluding carboxylic acids is 2. The van der Waals surface area contributed by atoms with E-state index in [1.807, 2.05) is 11.8 Å². The SMILES string of the molecule is Cc1ccc(S(=O)(=O)NC2CC2)cc1C(=O)Nc1cccc(C(=O)N2CCCC2)c1C. The van der Waals surface area contributed by atoms with Crippen molar-refractivity contribution in [3.63, 3.8) is 0 Å². The molecule has 2 fully saturated rings. The maximum absolute atomic E-state index is 13.0. The lowest BCUT2D eigenvalue weighted by Gasteiger charge is -2.18. The molecule has 1 saturated carbocycles. The molecule has 1 heterocycles. The topological polar surface area (TPSA) is 95.6 Å². The summed E-state index contributed by atoms with van der Waals surface area (Å²) < 4.78 is 27.7. The number of aryl methyl sites for hydroxylation is 1. The van der Waals surface area contributed by atoms with Crippen LogP contribution < -0.4 is 10.0 Å². The number of carbonyl (C=O) groups is 2. The quantitative estimate of drug-likeness (QED) is 0.719. The molecular weight excluding hydrogens is 414 g/mol. The maximum atomic E-state index is 13.0. The van der Waals surface area contributed by atoms with E-state index in [2.05, 4.69) is 10.0 Å². The van der Waals surface area contributed by atoms with Crippen LogP contribution in [-0.2, 0) is 10.0 Å². The van der Waals surface area contributed by atoms with Crippen molar-refractivity contribution < 1.29 is 18.0 Å². The molecule has 2 aliphatic rings. The van der Waals surface area contributed by atoms with Gasteiger partial charge in [0.15, 0.2) is 0 Å². The molecular formula is C23H27N3O4S. The Morgan fingerprint density at radius 2 is 1.71 bits per heavy atom. The Bertz CT molecular complexity index is 1130. The number of nitrogens with one attached hydrogen (secondary N) is 2. The molecule has 7 nitrogen and oxygen atoms in total. The van der Waals surface area contributed by atoms with Gasteiger partial charge in [-0.15, -0.1) is 0 Å². The Morgan fingerprint density at radius 1 is 1.00 bits per heavy atom. The van der Waals surface area contributed by atoms with Gasteiger partial charge in [0.2, 0.25) is 10.0 Å². The predicted molar refractivity (Wildman–Crippen MR) is 119 cm³/mol. The Kier molecular flexibility index (Phi) is 5.85. The molecule has 1 aliphatic heterocycles. The first-order valence-electron chi connectivity index (χ1n) is 10.6. The lowest BCUT2D eigenvalue weighted by atomic mass is 10.0. The normalized spacial score (nSPS) is 16.4. The van der Waals surface area contributed by atoms with Gasteiger partial charge in [-0.05, 0) is 74.9 Å². The van der Waals surface area contributed by atoms with E-state index in [9.17, 15) is 18.0 Å². The largest absolute Gasteiger partial charge is 0.339 e. The van der Waals surface area contributed by atoms with Crippen LogP contribution in [0.3, 0.4) is 0 Å². The minimum atomic E-state index is -3.66. The lowest BCUT2D eigenvalue weighted by molar-refractivity contribution is 0.0791. The van der Waals surface area contributed by atoms with Crippen molar-refractivity contribution in [1.82, 2.24) is 9.62 Å². The zero-order chi connectivity index (χ0) is 22.2. The van der Waals surface area contributed by atoms with Gasteiger partial charge in [-0.25, -0.2) is 13.1 Å². The second kappa shape index (κ2) is 8.43. The van der Waals surface area contributed by atoms with Crippen LogP contribution >= 0.6 is 0 Å². The highest BCUT2D eigenvalue weighted by Crippen LogP contribution is 2.25. The standard InChI is InChI=1S/C23H27N3O4S/c1-15-8-11-18(31(29,30)25-17-9-10-17)14-20(15)22(27)24-21-7-5-6-19(16(21)2)23(28)26-12-3-4-13-26/h5-8,11,14,17,25H,3-4,9-10,12-13H2,1-2H3,(H,24,27). The molecule has 1 saturated heterocycles. The Labute approximate surface area is 182 Å². The van der Waals surface area contributed by atoms with E-state index in [0.717, 1.165) is 38.8 Å². The van der Waals surface area contributed by atoms with Crippen molar-refractivity contribution in [2.45, 2.75) is 50.5 Å². The van der Waals surface area contributed by atoms with Gasteiger partial charge in [0, 0.05) is 35.9 Å². The van der Waals surface area contributed by atoms with Crippen molar-refractivity contribution in [2.75, 3.05) is 18.4 Å². The van der Waals surface area contributed by atoms with Crippen molar-refractivity contribution in [1.29, 1.82) is 0 Å². The Balaban J connectivity index is 1.58. The van der Waals surface area contributed by atoms with Crippen LogP contribution in [0.2, 0.25) is 0 Å². The highest BCUT2D eigenvalue weighted by atomic mass is 32.2. The average Bonchev–Trinajstić information content (AvgIpc) is 3.36. The maximum Gasteiger partial charge on any atom is 0.255 e. The van der Waals surface area contributed by atoms with Crippen molar-refractivity contribution >= 4 is 27.5 Å². The first-order chi connectivity index (χ1) is 14.8. The van der Waals surface area contributed by atoms with Gasteiger partial charge < -0.3 is 10.2 Å². The highest BCUT2D eigenvalue weighted by molar-refractivity contribution is 7.89. The molecule has 4 rings (SSSR count). The van der Waals surface area contributed by atoms with Crippen LogP contribution in [0.4, 0.5) is 5.69 Å². The molecule has 0 aromatic heterocycles. The zero-order valence-corrected chi connectivity index (χ0v) is 18.6. The number of benzene rings is 2. The van der Waals surface area contributed by atoms with E-state index in [4.69, 9.17) is 0 Å². The van der Waals surface area contributed by atoms with Gasteiger partial charge >= 0.3 is 0 Å². The van der Waals surface area contributed by atoms with Crippen molar-refractivity contribution in [3.05, 3.63) is 58.7 Å². The van der Waals surface area contributed by atoms with Gasteiger partial charge in [0.25, 0.3) is 11.8 Å². The fourth-order valence-corrected chi connectivity index (χ4v) is 5.12. The smallest absolute Gasteiger partial charge is 0.255 e. The summed E-state index contributed by atoms with van der Waals surface area (Å²) in [5.41, 5.74) is 2.77. The molecule has 2 amide bonds. The van der Waals surface area contributed by atoms with E-state index in [0.29, 0.717) is 22.4 Å². The van der Waals surface area contributed by atoms with Gasteiger partial charge in [-0.2, -0.15) is 0 Å². The summed E-state index contributed by atoms with van der Waals surface area (Å²) in [7, 11) is -3.66. The summed E-state index contributed by atoms with van der Waals surface area (Å²) in [4.78, 5) is 27.7. The predicted octanol–water partition coefficient (Wildman–Crippen LogP) is 3.23. The van der Waals surface area contributed by atoms with E-state index >= 15 is 0 Å². The molecule has 1 aliphatic carbocycles. The third-order valence-corrected chi connectivity index (χ3v) is 7.39. The van der Waals surface area contributed by atoms with E-state index in [-0.39, 0.29) is 22.4 Å². The number of rotatable bonds is 6. The molecule has 0 atom stereocenters. The van der Waals surface area contributed by atoms with Crippen LogP contribution in [0.1, 0.15) is 57.5 Å². The molecule has 2 aromatic rings. The highest BCUT2D eigenvalue weighted by Gasteiger charge is 2.29. The summed E-state index contributed by atoms with van der Waals surface area (Å²) in [6.45, 7) is 5.08. The molecule has 31 heavy (non-hydrogen) atoms. The summed E-state index contributed by atoms with van der Waals surface area (Å²) >= 11 is 0. The summed E-state index contributed by atoms with van der Waals surface area (Å²) in [5, 5.41) is 2.86. The van der Waals surface area contributed by atoms with Gasteiger partial charge in [-0.3, -0.25) is 9.59 Å². The van der Waals surface area contributed by atoms with Crippen molar-refractivity contribution in [3.8, 4) is 0 Å². The van der Waals surface area contributed by atoms with E-state index in [1.54, 1.807) is 31.2 Å². The molecule has 0 bridgehead atoms.